The summed E-state index contributed by atoms with van der Waals surface area (Å²) in [7, 11) is 0. The van der Waals surface area contributed by atoms with Gasteiger partial charge in [0.15, 0.2) is 0 Å². The van der Waals surface area contributed by atoms with Gasteiger partial charge in [-0.1, -0.05) is 11.6 Å². The number of benzene rings is 1. The van der Waals surface area contributed by atoms with Gasteiger partial charge in [-0.15, -0.1) is 0 Å². The SMILES string of the molecule is O=C(NCCNc1ccc([N+](=O)[O-])cc1Cl)c1cccnc1. The Morgan fingerprint density at radius 2 is 2.14 bits per heavy atom. The number of amides is 1. The molecule has 0 aliphatic heterocycles. The van der Waals surface area contributed by atoms with Gasteiger partial charge in [0.25, 0.3) is 11.6 Å². The van der Waals surface area contributed by atoms with Crippen molar-refractivity contribution < 1.29 is 9.72 Å². The van der Waals surface area contributed by atoms with Gasteiger partial charge >= 0.3 is 0 Å². The van der Waals surface area contributed by atoms with E-state index in [1.54, 1.807) is 18.3 Å². The molecule has 0 spiro atoms. The van der Waals surface area contributed by atoms with Gasteiger partial charge in [0, 0.05) is 37.6 Å². The number of nitrogens with one attached hydrogen (secondary N) is 2. The highest BCUT2D eigenvalue weighted by atomic mass is 35.5. The van der Waals surface area contributed by atoms with Crippen molar-refractivity contribution in [3.05, 3.63) is 63.4 Å². The molecule has 1 aromatic carbocycles. The lowest BCUT2D eigenvalue weighted by molar-refractivity contribution is -0.384. The van der Waals surface area contributed by atoms with Crippen LogP contribution in [0.1, 0.15) is 10.4 Å². The number of non-ortho nitro benzene ring substituents is 1. The molecule has 2 aromatic rings. The first kappa shape index (κ1) is 15.7. The Hall–Kier alpha value is -2.67. The fraction of sp³-hybridized carbons (Fsp3) is 0.143. The summed E-state index contributed by atoms with van der Waals surface area (Å²) in [6.45, 7) is 0.810. The molecule has 1 amide bonds. The molecular weight excluding hydrogens is 308 g/mol. The van der Waals surface area contributed by atoms with Gasteiger partial charge in [-0.25, -0.2) is 0 Å². The van der Waals surface area contributed by atoms with Crippen LogP contribution in [0.25, 0.3) is 0 Å². The normalized spacial score (nSPS) is 10.0. The minimum absolute atomic E-state index is 0.0690. The summed E-state index contributed by atoms with van der Waals surface area (Å²) >= 11 is 5.95. The third-order valence-corrected chi connectivity index (χ3v) is 3.13. The van der Waals surface area contributed by atoms with Crippen LogP contribution in [-0.2, 0) is 0 Å². The first-order valence-corrected chi connectivity index (χ1v) is 6.82. The summed E-state index contributed by atoms with van der Waals surface area (Å²) < 4.78 is 0. The van der Waals surface area contributed by atoms with E-state index in [0.29, 0.717) is 24.3 Å². The summed E-state index contributed by atoms with van der Waals surface area (Å²) in [6.07, 6.45) is 3.07. The number of halogens is 1. The quantitative estimate of drug-likeness (QED) is 0.484. The van der Waals surface area contributed by atoms with Gasteiger partial charge in [0.2, 0.25) is 0 Å². The molecule has 0 fully saturated rings. The van der Waals surface area contributed by atoms with E-state index in [2.05, 4.69) is 15.6 Å². The van der Waals surface area contributed by atoms with E-state index < -0.39 is 4.92 Å². The fourth-order valence-electron chi connectivity index (χ4n) is 1.73. The molecule has 114 valence electrons. The maximum Gasteiger partial charge on any atom is 0.271 e. The number of anilines is 1. The largest absolute Gasteiger partial charge is 0.382 e. The van der Waals surface area contributed by atoms with E-state index in [0.717, 1.165) is 0 Å². The van der Waals surface area contributed by atoms with Gasteiger partial charge in [0.05, 0.1) is 21.2 Å². The highest BCUT2D eigenvalue weighted by Crippen LogP contribution is 2.26. The van der Waals surface area contributed by atoms with E-state index in [4.69, 9.17) is 11.6 Å². The minimum atomic E-state index is -0.510. The zero-order valence-corrected chi connectivity index (χ0v) is 12.2. The summed E-state index contributed by atoms with van der Waals surface area (Å²) in [6, 6.07) is 7.52. The van der Waals surface area contributed by atoms with E-state index >= 15 is 0 Å². The molecule has 2 N–H and O–H groups in total. The smallest absolute Gasteiger partial charge is 0.271 e. The average Bonchev–Trinajstić information content (AvgIpc) is 2.53. The monoisotopic (exact) mass is 320 g/mol. The highest BCUT2D eigenvalue weighted by molar-refractivity contribution is 6.33. The predicted molar refractivity (Wildman–Crippen MR) is 83.2 cm³/mol. The molecule has 1 aromatic heterocycles. The highest BCUT2D eigenvalue weighted by Gasteiger charge is 2.09. The number of carbonyl (C=O) groups excluding carboxylic acids is 1. The average molecular weight is 321 g/mol. The Bertz CT molecular complexity index is 679. The van der Waals surface area contributed by atoms with Crippen molar-refractivity contribution in [1.29, 1.82) is 0 Å². The number of rotatable bonds is 6. The Morgan fingerprint density at radius 3 is 2.77 bits per heavy atom. The van der Waals surface area contributed by atoms with Crippen LogP contribution in [0, 0.1) is 10.1 Å². The Kier molecular flexibility index (Phi) is 5.26. The number of nitrogens with zero attached hydrogens (tertiary/aromatic N) is 2. The molecule has 0 bridgehead atoms. The lowest BCUT2D eigenvalue weighted by Crippen LogP contribution is -2.28. The fourth-order valence-corrected chi connectivity index (χ4v) is 1.97. The van der Waals surface area contributed by atoms with Crippen molar-refractivity contribution in [2.45, 2.75) is 0 Å². The molecule has 0 saturated heterocycles. The second-order valence-corrected chi connectivity index (χ2v) is 4.75. The van der Waals surface area contributed by atoms with E-state index in [1.807, 2.05) is 0 Å². The number of nitro benzene ring substituents is 1. The van der Waals surface area contributed by atoms with Crippen LogP contribution in [-0.4, -0.2) is 28.9 Å². The molecule has 7 nitrogen and oxygen atoms in total. The van der Waals surface area contributed by atoms with Crippen LogP contribution in [0.2, 0.25) is 5.02 Å². The van der Waals surface area contributed by atoms with Gasteiger partial charge in [0.1, 0.15) is 0 Å². The van der Waals surface area contributed by atoms with Crippen LogP contribution in [0.15, 0.2) is 42.7 Å². The second-order valence-electron chi connectivity index (χ2n) is 4.35. The molecule has 0 saturated carbocycles. The molecule has 0 aliphatic rings. The Labute approximate surface area is 131 Å². The van der Waals surface area contributed by atoms with Crippen molar-refractivity contribution in [1.82, 2.24) is 10.3 Å². The topological polar surface area (TPSA) is 97.2 Å². The number of hydrogen-bond donors (Lipinski definition) is 2. The van der Waals surface area contributed by atoms with E-state index in [-0.39, 0.29) is 16.6 Å². The first-order valence-electron chi connectivity index (χ1n) is 6.44. The third-order valence-electron chi connectivity index (χ3n) is 2.81. The van der Waals surface area contributed by atoms with Crippen LogP contribution < -0.4 is 10.6 Å². The van der Waals surface area contributed by atoms with Crippen molar-refractivity contribution in [3.8, 4) is 0 Å². The molecule has 0 aliphatic carbocycles. The second kappa shape index (κ2) is 7.37. The zero-order chi connectivity index (χ0) is 15.9. The third kappa shape index (κ3) is 4.16. The number of carbonyl (C=O) groups is 1. The molecule has 2 rings (SSSR count). The van der Waals surface area contributed by atoms with Crippen LogP contribution >= 0.6 is 11.6 Å². The maximum absolute atomic E-state index is 11.8. The van der Waals surface area contributed by atoms with Crippen LogP contribution in [0.3, 0.4) is 0 Å². The van der Waals surface area contributed by atoms with Crippen molar-refractivity contribution in [2.75, 3.05) is 18.4 Å². The van der Waals surface area contributed by atoms with Crippen LogP contribution in [0.4, 0.5) is 11.4 Å². The number of hydrogen-bond acceptors (Lipinski definition) is 5. The maximum atomic E-state index is 11.8. The van der Waals surface area contributed by atoms with Gasteiger partial charge in [-0.3, -0.25) is 19.9 Å². The Morgan fingerprint density at radius 1 is 1.32 bits per heavy atom. The van der Waals surface area contributed by atoms with Gasteiger partial charge in [-0.05, 0) is 18.2 Å². The molecule has 0 radical (unpaired) electrons. The first-order chi connectivity index (χ1) is 10.6. The standard InChI is InChI=1S/C14H13ClN4O3/c15-12-8-11(19(21)22)3-4-13(12)17-6-7-18-14(20)10-2-1-5-16-9-10/h1-5,8-9,17H,6-7H2,(H,18,20). The van der Waals surface area contributed by atoms with Gasteiger partial charge < -0.3 is 10.6 Å². The molecule has 22 heavy (non-hydrogen) atoms. The van der Waals surface area contributed by atoms with E-state index in [9.17, 15) is 14.9 Å². The summed E-state index contributed by atoms with van der Waals surface area (Å²) in [5, 5.41) is 16.6. The van der Waals surface area contributed by atoms with E-state index in [1.165, 1.54) is 24.4 Å². The molecule has 0 unspecified atom stereocenters. The molecule has 1 heterocycles. The molecule has 8 heteroatoms. The zero-order valence-electron chi connectivity index (χ0n) is 11.5. The molecule has 0 atom stereocenters. The number of nitro groups is 1. The lowest BCUT2D eigenvalue weighted by atomic mass is 10.2. The molecular formula is C14H13ClN4O3. The van der Waals surface area contributed by atoms with Crippen molar-refractivity contribution >= 4 is 28.9 Å². The lowest BCUT2D eigenvalue weighted by Gasteiger charge is -2.09. The van der Waals surface area contributed by atoms with Crippen molar-refractivity contribution in [3.63, 3.8) is 0 Å². The minimum Gasteiger partial charge on any atom is -0.382 e. The predicted octanol–water partition coefficient (Wildman–Crippen LogP) is 2.49. The summed E-state index contributed by atoms with van der Waals surface area (Å²) in [5.41, 5.74) is 0.985. The number of pyridine rings is 1. The summed E-state index contributed by atoms with van der Waals surface area (Å²) in [5.74, 6) is -0.218. The van der Waals surface area contributed by atoms with Crippen LogP contribution in [0.5, 0.6) is 0 Å². The number of aromatic nitrogens is 1. The van der Waals surface area contributed by atoms with Gasteiger partial charge in [-0.2, -0.15) is 0 Å². The summed E-state index contributed by atoms with van der Waals surface area (Å²) in [4.78, 5) is 25.7. The van der Waals surface area contributed by atoms with Crippen molar-refractivity contribution in [2.24, 2.45) is 0 Å². The Balaban J connectivity index is 1.82.